The second-order valence-electron chi connectivity index (χ2n) is 4.89. The van der Waals surface area contributed by atoms with Crippen LogP contribution in [-0.4, -0.2) is 41.8 Å². The summed E-state index contributed by atoms with van der Waals surface area (Å²) in [6.07, 6.45) is 0.175. The van der Waals surface area contributed by atoms with Crippen molar-refractivity contribution in [2.24, 2.45) is 0 Å². The van der Waals surface area contributed by atoms with E-state index in [0.29, 0.717) is 13.1 Å². The molecule has 1 fully saturated rings. The molecule has 1 heterocycles. The fourth-order valence-corrected chi connectivity index (χ4v) is 2.34. The van der Waals surface area contributed by atoms with E-state index >= 15 is 0 Å². The molecule has 0 spiro atoms. The van der Waals surface area contributed by atoms with Crippen molar-refractivity contribution in [1.29, 1.82) is 0 Å². The highest BCUT2D eigenvalue weighted by Crippen LogP contribution is 2.28. The first-order valence-corrected chi connectivity index (χ1v) is 6.26. The highest BCUT2D eigenvalue weighted by Gasteiger charge is 2.46. The lowest BCUT2D eigenvalue weighted by Gasteiger charge is -2.18. The van der Waals surface area contributed by atoms with Crippen molar-refractivity contribution in [3.05, 3.63) is 35.4 Å². The highest BCUT2D eigenvalue weighted by atomic mass is 19.1. The number of methoxy groups -OCH3 is 1. The average Bonchev–Trinajstić information content (AvgIpc) is 2.81. The van der Waals surface area contributed by atoms with Crippen LogP contribution < -0.4 is 0 Å². The molecule has 1 aliphatic rings. The normalized spacial score (nSPS) is 23.5. The van der Waals surface area contributed by atoms with Gasteiger partial charge in [-0.3, -0.25) is 4.90 Å². The predicted octanol–water partition coefficient (Wildman–Crippen LogP) is 1.27. The van der Waals surface area contributed by atoms with Gasteiger partial charge in [0.2, 0.25) is 5.67 Å². The molecule has 19 heavy (non-hydrogen) atoms. The number of nitrogens with zero attached hydrogens (tertiary/aromatic N) is 1. The summed E-state index contributed by atoms with van der Waals surface area (Å²) in [6.45, 7) is 1.21. The summed E-state index contributed by atoms with van der Waals surface area (Å²) >= 11 is 0. The molecule has 1 saturated heterocycles. The van der Waals surface area contributed by atoms with E-state index in [9.17, 15) is 9.18 Å². The molecule has 0 bridgehead atoms. The summed E-state index contributed by atoms with van der Waals surface area (Å²) in [5.74, 6) is -0.786. The van der Waals surface area contributed by atoms with E-state index in [1.807, 2.05) is 29.2 Å². The Kier molecular flexibility index (Phi) is 4.17. The SMILES string of the molecule is COC(=O)C1(F)CCN(Cc2ccc(CO)cc2)C1. The fourth-order valence-electron chi connectivity index (χ4n) is 2.34. The van der Waals surface area contributed by atoms with E-state index in [1.165, 1.54) is 7.11 Å². The van der Waals surface area contributed by atoms with Gasteiger partial charge in [-0.25, -0.2) is 9.18 Å². The quantitative estimate of drug-likeness (QED) is 0.835. The lowest BCUT2D eigenvalue weighted by atomic mass is 10.1. The monoisotopic (exact) mass is 267 g/mol. The topological polar surface area (TPSA) is 49.8 Å². The first-order chi connectivity index (χ1) is 9.07. The zero-order chi connectivity index (χ0) is 13.9. The Morgan fingerprint density at radius 3 is 2.63 bits per heavy atom. The number of hydrogen-bond acceptors (Lipinski definition) is 4. The standard InChI is InChI=1S/C14H18FNO3/c1-19-13(18)14(15)6-7-16(10-14)8-11-2-4-12(9-17)5-3-11/h2-5,17H,6-10H2,1H3. The van der Waals surface area contributed by atoms with Gasteiger partial charge >= 0.3 is 5.97 Å². The van der Waals surface area contributed by atoms with Crippen LogP contribution in [0.2, 0.25) is 0 Å². The van der Waals surface area contributed by atoms with E-state index in [2.05, 4.69) is 4.74 Å². The summed E-state index contributed by atoms with van der Waals surface area (Å²) in [4.78, 5) is 13.3. The first kappa shape index (κ1) is 14.0. The summed E-state index contributed by atoms with van der Waals surface area (Å²) < 4.78 is 18.7. The summed E-state index contributed by atoms with van der Waals surface area (Å²) in [5.41, 5.74) is 0.00524. The van der Waals surface area contributed by atoms with Crippen LogP contribution in [0.3, 0.4) is 0 Å². The Hall–Kier alpha value is -1.46. The van der Waals surface area contributed by atoms with Gasteiger partial charge < -0.3 is 9.84 Å². The van der Waals surface area contributed by atoms with Crippen LogP contribution in [0.15, 0.2) is 24.3 Å². The van der Waals surface area contributed by atoms with Crippen LogP contribution in [0.25, 0.3) is 0 Å². The molecule has 104 valence electrons. The van der Waals surface area contributed by atoms with Crippen LogP contribution in [-0.2, 0) is 22.7 Å². The van der Waals surface area contributed by atoms with Gasteiger partial charge in [0.15, 0.2) is 0 Å². The molecule has 2 rings (SSSR count). The zero-order valence-electron chi connectivity index (χ0n) is 10.9. The summed E-state index contributed by atoms with van der Waals surface area (Å²) in [7, 11) is 1.21. The first-order valence-electron chi connectivity index (χ1n) is 6.26. The van der Waals surface area contributed by atoms with E-state index in [1.54, 1.807) is 0 Å². The lowest BCUT2D eigenvalue weighted by molar-refractivity contribution is -0.153. The Labute approximate surface area is 111 Å². The number of aliphatic hydroxyl groups excluding tert-OH is 1. The maximum atomic E-state index is 14.2. The van der Waals surface area contributed by atoms with E-state index in [0.717, 1.165) is 11.1 Å². The number of likely N-dealkylation sites (tertiary alicyclic amines) is 1. The third-order valence-corrected chi connectivity index (χ3v) is 3.46. The number of ether oxygens (including phenoxy) is 1. The molecule has 0 saturated carbocycles. The van der Waals surface area contributed by atoms with Gasteiger partial charge in [-0.15, -0.1) is 0 Å². The smallest absolute Gasteiger partial charge is 0.345 e. The minimum atomic E-state index is -1.88. The molecule has 0 aromatic heterocycles. The molecule has 0 amide bonds. The number of aliphatic hydroxyl groups is 1. The second-order valence-corrected chi connectivity index (χ2v) is 4.89. The van der Waals surface area contributed by atoms with Crippen LogP contribution in [0.4, 0.5) is 4.39 Å². The van der Waals surface area contributed by atoms with Gasteiger partial charge in [-0.1, -0.05) is 24.3 Å². The third-order valence-electron chi connectivity index (χ3n) is 3.46. The molecule has 1 aromatic carbocycles. The molecule has 4 nitrogen and oxygen atoms in total. The van der Waals surface area contributed by atoms with Crippen LogP contribution >= 0.6 is 0 Å². The van der Waals surface area contributed by atoms with E-state index in [4.69, 9.17) is 5.11 Å². The van der Waals surface area contributed by atoms with E-state index in [-0.39, 0.29) is 19.6 Å². The van der Waals surface area contributed by atoms with Crippen molar-refractivity contribution in [2.75, 3.05) is 20.2 Å². The molecule has 5 heteroatoms. The molecule has 1 N–H and O–H groups in total. The molecule has 1 aliphatic heterocycles. The van der Waals surface area contributed by atoms with Gasteiger partial charge in [0.1, 0.15) is 0 Å². The second kappa shape index (κ2) is 5.67. The number of halogens is 1. The summed E-state index contributed by atoms with van der Waals surface area (Å²) in [6, 6.07) is 7.49. The Balaban J connectivity index is 1.96. The maximum absolute atomic E-state index is 14.2. The molecule has 0 radical (unpaired) electrons. The number of benzene rings is 1. The number of carbonyl (C=O) groups is 1. The molecule has 1 aromatic rings. The van der Waals surface area contributed by atoms with Crippen LogP contribution in [0.5, 0.6) is 0 Å². The van der Waals surface area contributed by atoms with Crippen molar-refractivity contribution >= 4 is 5.97 Å². The molecular weight excluding hydrogens is 249 g/mol. The number of alkyl halides is 1. The molecule has 0 aliphatic carbocycles. The average molecular weight is 267 g/mol. The summed E-state index contributed by atoms with van der Waals surface area (Å²) in [5, 5.41) is 8.96. The Morgan fingerprint density at radius 1 is 1.42 bits per heavy atom. The minimum absolute atomic E-state index is 0.0138. The van der Waals surface area contributed by atoms with Crippen molar-refractivity contribution in [3.8, 4) is 0 Å². The van der Waals surface area contributed by atoms with Crippen molar-refractivity contribution in [3.63, 3.8) is 0 Å². The van der Waals surface area contributed by atoms with Crippen molar-refractivity contribution in [2.45, 2.75) is 25.2 Å². The van der Waals surface area contributed by atoms with Crippen molar-refractivity contribution in [1.82, 2.24) is 4.90 Å². The third kappa shape index (κ3) is 3.11. The van der Waals surface area contributed by atoms with Crippen LogP contribution in [0, 0.1) is 0 Å². The predicted molar refractivity (Wildman–Crippen MR) is 68.1 cm³/mol. The van der Waals surface area contributed by atoms with E-state index < -0.39 is 11.6 Å². The number of esters is 1. The van der Waals surface area contributed by atoms with Gasteiger partial charge in [-0.05, 0) is 11.1 Å². The fraction of sp³-hybridized carbons (Fsp3) is 0.500. The Morgan fingerprint density at radius 2 is 2.05 bits per heavy atom. The maximum Gasteiger partial charge on any atom is 0.345 e. The zero-order valence-corrected chi connectivity index (χ0v) is 10.9. The number of carbonyl (C=O) groups excluding carboxylic acids is 1. The largest absolute Gasteiger partial charge is 0.467 e. The lowest BCUT2D eigenvalue weighted by Crippen LogP contribution is -2.38. The Bertz CT molecular complexity index is 449. The molecule has 1 atom stereocenters. The van der Waals surface area contributed by atoms with Gasteiger partial charge in [0, 0.05) is 26.1 Å². The highest BCUT2D eigenvalue weighted by molar-refractivity contribution is 5.80. The number of hydrogen-bond donors (Lipinski definition) is 1. The van der Waals surface area contributed by atoms with Crippen molar-refractivity contribution < 1.29 is 19.0 Å². The van der Waals surface area contributed by atoms with Gasteiger partial charge in [0.05, 0.1) is 13.7 Å². The van der Waals surface area contributed by atoms with Crippen LogP contribution in [0.1, 0.15) is 17.5 Å². The molecular formula is C14H18FNO3. The molecule has 1 unspecified atom stereocenters. The number of rotatable bonds is 4. The van der Waals surface area contributed by atoms with Gasteiger partial charge in [-0.2, -0.15) is 0 Å². The minimum Gasteiger partial charge on any atom is -0.467 e. The van der Waals surface area contributed by atoms with Gasteiger partial charge in [0.25, 0.3) is 0 Å².